The Bertz CT molecular complexity index is 572. The molecule has 0 atom stereocenters. The van der Waals surface area contributed by atoms with Gasteiger partial charge in [0, 0.05) is 18.0 Å². The summed E-state index contributed by atoms with van der Waals surface area (Å²) in [6, 6.07) is 1.86. The minimum absolute atomic E-state index is 0.0648. The van der Waals surface area contributed by atoms with Gasteiger partial charge in [-0.15, -0.1) is 0 Å². The summed E-state index contributed by atoms with van der Waals surface area (Å²) in [6.45, 7) is 1.72. The summed E-state index contributed by atoms with van der Waals surface area (Å²) in [5.41, 5.74) is 1.32. The van der Waals surface area contributed by atoms with Crippen LogP contribution in [0.15, 0.2) is 18.5 Å². The van der Waals surface area contributed by atoms with Crippen LogP contribution in [0.25, 0.3) is 10.9 Å². The summed E-state index contributed by atoms with van der Waals surface area (Å²) in [7, 11) is 0. The summed E-state index contributed by atoms with van der Waals surface area (Å²) >= 11 is 0. The Labute approximate surface area is 107 Å². The van der Waals surface area contributed by atoms with Crippen molar-refractivity contribution in [2.24, 2.45) is 0 Å². The minimum atomic E-state index is -4.16. The van der Waals surface area contributed by atoms with E-state index in [-0.39, 0.29) is 19.0 Å². The summed E-state index contributed by atoms with van der Waals surface area (Å²) in [4.78, 5) is 12.1. The number of hydrogen-bond donors (Lipinski definition) is 0. The zero-order chi connectivity index (χ0) is 13.9. The fourth-order valence-corrected chi connectivity index (χ4v) is 1.61. The number of aryl methyl sites for hydroxylation is 1. The highest BCUT2D eigenvalue weighted by atomic mass is 19.4. The summed E-state index contributed by atoms with van der Waals surface area (Å²) in [5.74, 6) is 0. The molecule has 102 valence electrons. The predicted molar refractivity (Wildman–Crippen MR) is 62.9 cm³/mol. The van der Waals surface area contributed by atoms with Crippen LogP contribution in [-0.4, -0.2) is 27.7 Å². The van der Waals surface area contributed by atoms with Crippen LogP contribution in [0, 0.1) is 6.92 Å². The first kappa shape index (κ1) is 13.5. The molecule has 0 aliphatic carbocycles. The number of alkyl halides is 3. The SMILES string of the molecule is Cc1nc(OCCCC(F)(F)F)nc2cnccc12. The van der Waals surface area contributed by atoms with Crippen LogP contribution in [-0.2, 0) is 0 Å². The van der Waals surface area contributed by atoms with Crippen LogP contribution < -0.4 is 4.74 Å². The molecule has 2 heterocycles. The van der Waals surface area contributed by atoms with Crippen LogP contribution >= 0.6 is 0 Å². The van der Waals surface area contributed by atoms with Crippen LogP contribution in [0.3, 0.4) is 0 Å². The molecule has 0 aliphatic heterocycles. The molecule has 2 aromatic rings. The molecule has 2 rings (SSSR count). The van der Waals surface area contributed by atoms with E-state index in [1.165, 1.54) is 0 Å². The molecule has 0 spiro atoms. The molecule has 0 radical (unpaired) electrons. The first-order valence-electron chi connectivity index (χ1n) is 5.73. The lowest BCUT2D eigenvalue weighted by atomic mass is 10.2. The average molecular weight is 271 g/mol. The van der Waals surface area contributed by atoms with E-state index in [1.54, 1.807) is 25.4 Å². The van der Waals surface area contributed by atoms with Gasteiger partial charge in [0.2, 0.25) is 0 Å². The maximum absolute atomic E-state index is 12.0. The maximum Gasteiger partial charge on any atom is 0.389 e. The molecule has 0 bridgehead atoms. The normalized spacial score (nSPS) is 11.8. The van der Waals surface area contributed by atoms with E-state index in [9.17, 15) is 13.2 Å². The number of pyridine rings is 1. The number of ether oxygens (including phenoxy) is 1. The molecule has 4 nitrogen and oxygen atoms in total. The van der Waals surface area contributed by atoms with Crippen molar-refractivity contribution >= 4 is 10.9 Å². The lowest BCUT2D eigenvalue weighted by Crippen LogP contribution is -2.10. The second-order valence-corrected chi connectivity index (χ2v) is 4.05. The van der Waals surface area contributed by atoms with Gasteiger partial charge in [-0.3, -0.25) is 4.98 Å². The first-order chi connectivity index (χ1) is 8.96. The number of rotatable bonds is 4. The first-order valence-corrected chi connectivity index (χ1v) is 5.73. The van der Waals surface area contributed by atoms with E-state index < -0.39 is 12.6 Å². The molecule has 19 heavy (non-hydrogen) atoms. The van der Waals surface area contributed by atoms with E-state index in [2.05, 4.69) is 15.0 Å². The van der Waals surface area contributed by atoms with Gasteiger partial charge in [-0.2, -0.15) is 23.1 Å². The zero-order valence-electron chi connectivity index (χ0n) is 10.2. The monoisotopic (exact) mass is 271 g/mol. The van der Waals surface area contributed by atoms with Crippen molar-refractivity contribution in [1.82, 2.24) is 15.0 Å². The van der Waals surface area contributed by atoms with Gasteiger partial charge in [0.05, 0.1) is 24.0 Å². The van der Waals surface area contributed by atoms with Gasteiger partial charge in [-0.25, -0.2) is 0 Å². The number of hydrogen-bond acceptors (Lipinski definition) is 4. The fourth-order valence-electron chi connectivity index (χ4n) is 1.61. The lowest BCUT2D eigenvalue weighted by Gasteiger charge is -2.08. The molecule has 0 aromatic carbocycles. The summed E-state index contributed by atoms with van der Waals surface area (Å²) < 4.78 is 41.0. The third kappa shape index (κ3) is 3.77. The Morgan fingerprint density at radius 3 is 2.79 bits per heavy atom. The van der Waals surface area contributed by atoms with Gasteiger partial charge < -0.3 is 4.74 Å². The second-order valence-electron chi connectivity index (χ2n) is 4.05. The molecule has 0 amide bonds. The zero-order valence-corrected chi connectivity index (χ0v) is 10.2. The van der Waals surface area contributed by atoms with Crippen molar-refractivity contribution in [3.63, 3.8) is 0 Å². The molecule has 0 saturated heterocycles. The van der Waals surface area contributed by atoms with Gasteiger partial charge in [0.1, 0.15) is 0 Å². The van der Waals surface area contributed by atoms with Gasteiger partial charge in [-0.1, -0.05) is 0 Å². The molecule has 0 saturated carbocycles. The second kappa shape index (κ2) is 5.38. The Morgan fingerprint density at radius 1 is 1.26 bits per heavy atom. The molecular formula is C12H12F3N3O. The van der Waals surface area contributed by atoms with Gasteiger partial charge >= 0.3 is 12.2 Å². The van der Waals surface area contributed by atoms with E-state index in [0.29, 0.717) is 11.2 Å². The number of nitrogens with zero attached hydrogens (tertiary/aromatic N) is 3. The lowest BCUT2D eigenvalue weighted by molar-refractivity contribution is -0.136. The number of halogens is 3. The standard InChI is InChI=1S/C12H12F3N3O/c1-8-9-3-5-16-7-10(9)18-11(17-8)19-6-2-4-12(13,14)15/h3,5,7H,2,4,6H2,1H3. The highest BCUT2D eigenvalue weighted by molar-refractivity contribution is 5.79. The number of aromatic nitrogens is 3. The van der Waals surface area contributed by atoms with Crippen LogP contribution in [0.5, 0.6) is 6.01 Å². The van der Waals surface area contributed by atoms with E-state index >= 15 is 0 Å². The molecular weight excluding hydrogens is 259 g/mol. The highest BCUT2D eigenvalue weighted by Crippen LogP contribution is 2.21. The van der Waals surface area contributed by atoms with Crippen LogP contribution in [0.2, 0.25) is 0 Å². The Balaban J connectivity index is 2.01. The maximum atomic E-state index is 12.0. The van der Waals surface area contributed by atoms with Crippen molar-refractivity contribution in [2.45, 2.75) is 25.9 Å². The molecule has 0 fully saturated rings. The van der Waals surface area contributed by atoms with Gasteiger partial charge in [-0.05, 0) is 19.4 Å². The minimum Gasteiger partial charge on any atom is -0.463 e. The molecule has 0 aliphatic rings. The van der Waals surface area contributed by atoms with E-state index in [4.69, 9.17) is 4.74 Å². The summed E-state index contributed by atoms with van der Waals surface area (Å²) in [5, 5.41) is 0.845. The summed E-state index contributed by atoms with van der Waals surface area (Å²) in [6.07, 6.45) is -1.96. The smallest absolute Gasteiger partial charge is 0.389 e. The molecule has 2 aromatic heterocycles. The van der Waals surface area contributed by atoms with E-state index in [0.717, 1.165) is 5.39 Å². The largest absolute Gasteiger partial charge is 0.463 e. The van der Waals surface area contributed by atoms with Crippen molar-refractivity contribution < 1.29 is 17.9 Å². The average Bonchev–Trinajstić information content (AvgIpc) is 2.34. The van der Waals surface area contributed by atoms with Crippen molar-refractivity contribution in [3.8, 4) is 6.01 Å². The van der Waals surface area contributed by atoms with E-state index in [1.807, 2.05) is 0 Å². The third-order valence-electron chi connectivity index (χ3n) is 2.51. The topological polar surface area (TPSA) is 47.9 Å². The predicted octanol–water partition coefficient (Wildman–Crippen LogP) is 3.05. The Hall–Kier alpha value is -1.92. The van der Waals surface area contributed by atoms with Crippen LogP contribution in [0.4, 0.5) is 13.2 Å². The fraction of sp³-hybridized carbons (Fsp3) is 0.417. The van der Waals surface area contributed by atoms with Gasteiger partial charge in [0.15, 0.2) is 0 Å². The molecule has 0 unspecified atom stereocenters. The van der Waals surface area contributed by atoms with Crippen molar-refractivity contribution in [2.75, 3.05) is 6.61 Å². The molecule has 7 heteroatoms. The Kier molecular flexibility index (Phi) is 3.82. The quantitative estimate of drug-likeness (QED) is 0.802. The van der Waals surface area contributed by atoms with Crippen molar-refractivity contribution in [1.29, 1.82) is 0 Å². The Morgan fingerprint density at radius 2 is 2.05 bits per heavy atom. The van der Waals surface area contributed by atoms with Crippen molar-refractivity contribution in [3.05, 3.63) is 24.2 Å². The number of fused-ring (bicyclic) bond motifs is 1. The van der Waals surface area contributed by atoms with Crippen LogP contribution in [0.1, 0.15) is 18.5 Å². The highest BCUT2D eigenvalue weighted by Gasteiger charge is 2.26. The molecule has 0 N–H and O–H groups in total. The third-order valence-corrected chi connectivity index (χ3v) is 2.51. The van der Waals surface area contributed by atoms with Gasteiger partial charge in [0.25, 0.3) is 0 Å².